The van der Waals surface area contributed by atoms with Crippen LogP contribution in [-0.2, 0) is 32.1 Å². The molecule has 2 bridgehead atoms. The predicted molar refractivity (Wildman–Crippen MR) is 166 cm³/mol. The Hall–Kier alpha value is -4.53. The Kier molecular flexibility index (Phi) is 7.40. The van der Waals surface area contributed by atoms with Gasteiger partial charge in [0.1, 0.15) is 11.6 Å². The van der Waals surface area contributed by atoms with Crippen LogP contribution < -0.4 is 10.6 Å². The normalized spacial score (nSPS) is 26.0. The number of hydrogen-bond donors (Lipinski definition) is 3. The van der Waals surface area contributed by atoms with Crippen molar-refractivity contribution in [3.63, 3.8) is 0 Å². The zero-order valence-electron chi connectivity index (χ0n) is 24.3. The maximum absolute atomic E-state index is 14.5. The quantitative estimate of drug-likeness (QED) is 0.273. The third kappa shape index (κ3) is 4.84. The number of benzene rings is 4. The number of aliphatic hydroxyl groups excluding tert-OH is 1. The molecule has 1 spiro atoms. The molecule has 0 aromatic heterocycles. The summed E-state index contributed by atoms with van der Waals surface area (Å²) in [7, 11) is 0. The fourth-order valence-corrected chi connectivity index (χ4v) is 7.60. The van der Waals surface area contributed by atoms with Gasteiger partial charge in [-0.15, -0.1) is 0 Å². The molecule has 0 saturated carbocycles. The van der Waals surface area contributed by atoms with Crippen LogP contribution in [0.1, 0.15) is 24.0 Å². The Balaban J connectivity index is 1.22. The molecule has 44 heavy (non-hydrogen) atoms. The number of nitrogens with zero attached hydrogens (tertiary/aromatic N) is 1. The molecule has 0 radical (unpaired) electrons. The van der Waals surface area contributed by atoms with Crippen molar-refractivity contribution in [2.75, 3.05) is 11.9 Å². The number of likely N-dealkylation sites (tertiary alicyclic amines) is 1. The smallest absolute Gasteiger partial charge is 0.250 e. The van der Waals surface area contributed by atoms with E-state index in [0.717, 1.165) is 21.9 Å². The zero-order chi connectivity index (χ0) is 30.3. The van der Waals surface area contributed by atoms with Crippen LogP contribution in [0.3, 0.4) is 0 Å². The first-order chi connectivity index (χ1) is 21.5. The lowest BCUT2D eigenvalue weighted by Gasteiger charge is -2.36. The van der Waals surface area contributed by atoms with Crippen LogP contribution in [-0.4, -0.2) is 58.1 Å². The number of fused-ring (bicyclic) bond motifs is 2. The second-order valence-electron chi connectivity index (χ2n) is 12.1. The number of aliphatic hydroxyl groups is 1. The highest BCUT2D eigenvalue weighted by Gasteiger charge is 2.75. The number of anilines is 1. The summed E-state index contributed by atoms with van der Waals surface area (Å²) in [5.74, 6) is -2.50. The summed E-state index contributed by atoms with van der Waals surface area (Å²) in [4.78, 5) is 44.0. The number of amides is 3. The standard InChI is InChI=1S/C36H35N3O5/c40-22-28(19-23-9-3-1-4-10-23)39-32(34(42)38-27-16-15-25-13-7-8-14-26(25)20-27)36-18-17-29(44-36)30(31(36)35(39)43)33(41)37-21-24-11-5-2-6-12-24/h1-16,20,28-32,40H,17-19,21-22H2,(H,37,41)(H,38,42)/t28-,29-,30+,31+,32?,36?/m1/s1. The van der Waals surface area contributed by atoms with Crippen molar-refractivity contribution in [1.29, 1.82) is 0 Å². The number of ether oxygens (including phenoxy) is 1. The van der Waals surface area contributed by atoms with E-state index in [1.54, 1.807) is 0 Å². The second kappa shape index (κ2) is 11.5. The van der Waals surface area contributed by atoms with E-state index < -0.39 is 35.6 Å². The number of carbonyl (C=O) groups excluding carboxylic acids is 3. The van der Waals surface area contributed by atoms with E-state index in [1.807, 2.05) is 103 Å². The van der Waals surface area contributed by atoms with E-state index in [9.17, 15) is 19.5 Å². The first-order valence-corrected chi connectivity index (χ1v) is 15.2. The average molecular weight is 590 g/mol. The van der Waals surface area contributed by atoms with Gasteiger partial charge in [-0.05, 0) is 53.3 Å². The average Bonchev–Trinajstić information content (AvgIpc) is 3.71. The fourth-order valence-electron chi connectivity index (χ4n) is 7.60. The van der Waals surface area contributed by atoms with Crippen molar-refractivity contribution in [3.05, 3.63) is 114 Å². The fraction of sp³-hybridized carbons (Fsp3) is 0.306. The van der Waals surface area contributed by atoms with Crippen LogP contribution in [0.4, 0.5) is 5.69 Å². The Morgan fingerprint density at radius 3 is 2.30 bits per heavy atom. The van der Waals surface area contributed by atoms with Crippen LogP contribution in [0.5, 0.6) is 0 Å². The van der Waals surface area contributed by atoms with Crippen molar-refractivity contribution in [2.24, 2.45) is 11.8 Å². The van der Waals surface area contributed by atoms with Crippen molar-refractivity contribution >= 4 is 34.2 Å². The molecule has 4 aromatic carbocycles. The predicted octanol–water partition coefficient (Wildman–Crippen LogP) is 4.07. The topological polar surface area (TPSA) is 108 Å². The number of rotatable bonds is 9. The maximum Gasteiger partial charge on any atom is 0.250 e. The molecule has 2 unspecified atom stereocenters. The van der Waals surface area contributed by atoms with Gasteiger partial charge in [-0.3, -0.25) is 14.4 Å². The monoisotopic (exact) mass is 589 g/mol. The minimum Gasteiger partial charge on any atom is -0.394 e. The molecule has 3 aliphatic rings. The molecular weight excluding hydrogens is 554 g/mol. The highest BCUT2D eigenvalue weighted by molar-refractivity contribution is 6.04. The van der Waals surface area contributed by atoms with Crippen LogP contribution in [0.25, 0.3) is 10.8 Å². The Morgan fingerprint density at radius 1 is 0.886 bits per heavy atom. The maximum atomic E-state index is 14.5. The van der Waals surface area contributed by atoms with Crippen molar-refractivity contribution < 1.29 is 24.2 Å². The summed E-state index contributed by atoms with van der Waals surface area (Å²) in [6.07, 6.45) is 0.953. The van der Waals surface area contributed by atoms with Crippen LogP contribution in [0.15, 0.2) is 103 Å². The lowest BCUT2D eigenvalue weighted by Crippen LogP contribution is -2.56. The summed E-state index contributed by atoms with van der Waals surface area (Å²) in [5, 5.41) is 18.7. The van der Waals surface area contributed by atoms with E-state index in [4.69, 9.17) is 4.74 Å². The van der Waals surface area contributed by atoms with Crippen molar-refractivity contribution in [2.45, 2.75) is 49.6 Å². The number of nitrogens with one attached hydrogen (secondary N) is 2. The molecule has 6 atom stereocenters. The SMILES string of the molecule is O=C(Nc1ccc2ccccc2c1)C1N([C@@H](CO)Cc2ccccc2)C(=O)[C@@H]2[C@@H](C(=O)NCc3ccccc3)[C@H]3CCC12O3. The van der Waals surface area contributed by atoms with Gasteiger partial charge in [0.25, 0.3) is 0 Å². The van der Waals surface area contributed by atoms with Crippen molar-refractivity contribution in [1.82, 2.24) is 10.2 Å². The molecule has 4 aromatic rings. The molecule has 3 amide bonds. The van der Waals surface area contributed by atoms with Gasteiger partial charge < -0.3 is 25.4 Å². The van der Waals surface area contributed by atoms with Gasteiger partial charge in [-0.2, -0.15) is 0 Å². The lowest BCUT2D eigenvalue weighted by molar-refractivity contribution is -0.144. The molecule has 3 fully saturated rings. The minimum absolute atomic E-state index is 0.252. The van der Waals surface area contributed by atoms with Gasteiger partial charge in [0.05, 0.1) is 30.6 Å². The largest absolute Gasteiger partial charge is 0.394 e. The molecule has 8 nitrogen and oxygen atoms in total. The Morgan fingerprint density at radius 2 is 1.57 bits per heavy atom. The molecule has 3 aliphatic heterocycles. The first-order valence-electron chi connectivity index (χ1n) is 15.2. The lowest BCUT2D eigenvalue weighted by atomic mass is 9.70. The highest BCUT2D eigenvalue weighted by Crippen LogP contribution is 2.59. The van der Waals surface area contributed by atoms with Gasteiger partial charge >= 0.3 is 0 Å². The molecule has 0 aliphatic carbocycles. The van der Waals surface area contributed by atoms with E-state index >= 15 is 0 Å². The molecule has 7 rings (SSSR count). The van der Waals surface area contributed by atoms with Gasteiger partial charge in [-0.25, -0.2) is 0 Å². The van der Waals surface area contributed by atoms with Gasteiger partial charge in [0.15, 0.2) is 0 Å². The summed E-state index contributed by atoms with van der Waals surface area (Å²) in [5.41, 5.74) is 1.33. The summed E-state index contributed by atoms with van der Waals surface area (Å²) in [6, 6.07) is 31.1. The highest BCUT2D eigenvalue weighted by atomic mass is 16.5. The molecule has 224 valence electrons. The number of hydrogen-bond acceptors (Lipinski definition) is 5. The van der Waals surface area contributed by atoms with E-state index in [2.05, 4.69) is 10.6 Å². The third-order valence-electron chi connectivity index (χ3n) is 9.53. The second-order valence-corrected chi connectivity index (χ2v) is 12.1. The Bertz CT molecular complexity index is 1700. The van der Waals surface area contributed by atoms with Gasteiger partial charge in [0.2, 0.25) is 17.7 Å². The van der Waals surface area contributed by atoms with Gasteiger partial charge in [0, 0.05) is 12.2 Å². The summed E-state index contributed by atoms with van der Waals surface area (Å²) >= 11 is 0. The number of carbonyl (C=O) groups is 3. The molecular formula is C36H35N3O5. The zero-order valence-corrected chi connectivity index (χ0v) is 24.3. The van der Waals surface area contributed by atoms with Crippen molar-refractivity contribution in [3.8, 4) is 0 Å². The van der Waals surface area contributed by atoms with Crippen LogP contribution in [0, 0.1) is 11.8 Å². The summed E-state index contributed by atoms with van der Waals surface area (Å²) in [6.45, 7) is -0.00282. The molecule has 8 heteroatoms. The first kappa shape index (κ1) is 28.3. The van der Waals surface area contributed by atoms with E-state index in [1.165, 1.54) is 4.90 Å². The van der Waals surface area contributed by atoms with Crippen LogP contribution >= 0.6 is 0 Å². The van der Waals surface area contributed by atoms with E-state index in [0.29, 0.717) is 31.5 Å². The van der Waals surface area contributed by atoms with E-state index in [-0.39, 0.29) is 24.3 Å². The third-order valence-corrected chi connectivity index (χ3v) is 9.53. The van der Waals surface area contributed by atoms with Gasteiger partial charge in [-0.1, -0.05) is 91.0 Å². The Labute approximate surface area is 256 Å². The summed E-state index contributed by atoms with van der Waals surface area (Å²) < 4.78 is 6.59. The minimum atomic E-state index is -1.17. The molecule has 3 N–H and O–H groups in total. The van der Waals surface area contributed by atoms with Crippen LogP contribution in [0.2, 0.25) is 0 Å². The molecule has 3 saturated heterocycles. The molecule has 3 heterocycles.